The molecule has 4 nitrogen and oxygen atoms in total. The molecule has 0 amide bonds. The van der Waals surface area contributed by atoms with Crippen molar-refractivity contribution >= 4 is 31.3 Å². The summed E-state index contributed by atoms with van der Waals surface area (Å²) in [5.41, 5.74) is 0. The number of hydrogen-bond acceptors (Lipinski definition) is 4. The van der Waals surface area contributed by atoms with Crippen LogP contribution in [-0.2, 0) is 9.05 Å². The van der Waals surface area contributed by atoms with Gasteiger partial charge in [-0.2, -0.15) is 0 Å². The first-order valence-electron chi connectivity index (χ1n) is 3.09. The van der Waals surface area contributed by atoms with Gasteiger partial charge in [-0.25, -0.2) is 13.4 Å². The number of aromatic nitrogens is 1. The first-order chi connectivity index (χ1) is 5.95. The number of pyridine rings is 1. The lowest BCUT2D eigenvalue weighted by Crippen LogP contribution is -1.95. The highest BCUT2D eigenvalue weighted by Gasteiger charge is 2.16. The molecule has 7 heteroatoms. The Bertz CT molecular complexity index is 418. The number of nitrogens with zero attached hydrogens (tertiary/aromatic N) is 1. The van der Waals surface area contributed by atoms with Crippen molar-refractivity contribution in [3.8, 4) is 5.88 Å². The van der Waals surface area contributed by atoms with Crippen molar-refractivity contribution in [2.24, 2.45) is 0 Å². The van der Waals surface area contributed by atoms with E-state index in [9.17, 15) is 8.42 Å². The molecular formula is C6H5Cl2NO3S. The number of hydrogen-bond donors (Lipinski definition) is 0. The molecule has 0 radical (unpaired) electrons. The van der Waals surface area contributed by atoms with E-state index in [0.717, 1.165) is 12.3 Å². The SMILES string of the molecule is COc1cc(S(=O)(=O)Cl)c(Cl)cn1. The Hall–Kier alpha value is -0.520. The molecule has 0 saturated heterocycles. The van der Waals surface area contributed by atoms with E-state index in [0.29, 0.717) is 0 Å². The van der Waals surface area contributed by atoms with Crippen LogP contribution in [0.2, 0.25) is 5.02 Å². The van der Waals surface area contributed by atoms with Gasteiger partial charge in [0.25, 0.3) is 9.05 Å². The third-order valence-corrected chi connectivity index (χ3v) is 3.04. The average Bonchev–Trinajstić information content (AvgIpc) is 2.03. The van der Waals surface area contributed by atoms with Crippen LogP contribution in [0.25, 0.3) is 0 Å². The van der Waals surface area contributed by atoms with E-state index in [-0.39, 0.29) is 15.8 Å². The third kappa shape index (κ3) is 2.46. The van der Waals surface area contributed by atoms with Gasteiger partial charge < -0.3 is 4.74 Å². The van der Waals surface area contributed by atoms with Crippen molar-refractivity contribution in [2.45, 2.75) is 4.90 Å². The molecule has 0 saturated carbocycles. The van der Waals surface area contributed by atoms with Gasteiger partial charge >= 0.3 is 0 Å². The zero-order valence-corrected chi connectivity index (χ0v) is 8.82. The van der Waals surface area contributed by atoms with Gasteiger partial charge in [0, 0.05) is 16.7 Å². The maximum absolute atomic E-state index is 10.9. The summed E-state index contributed by atoms with van der Waals surface area (Å²) in [5.74, 6) is 0.142. The van der Waals surface area contributed by atoms with E-state index in [1.165, 1.54) is 7.11 Å². The Kier molecular flexibility index (Phi) is 3.00. The smallest absolute Gasteiger partial charge is 0.263 e. The van der Waals surface area contributed by atoms with Gasteiger partial charge in [0.2, 0.25) is 5.88 Å². The zero-order chi connectivity index (χ0) is 10.1. The number of methoxy groups -OCH3 is 1. The first kappa shape index (κ1) is 10.6. The predicted octanol–water partition coefficient (Wildman–Crippen LogP) is 1.67. The molecule has 13 heavy (non-hydrogen) atoms. The molecule has 1 rings (SSSR count). The molecule has 0 aliphatic heterocycles. The van der Waals surface area contributed by atoms with E-state index < -0.39 is 9.05 Å². The highest BCUT2D eigenvalue weighted by molar-refractivity contribution is 8.13. The summed E-state index contributed by atoms with van der Waals surface area (Å²) in [4.78, 5) is 3.49. The standard InChI is InChI=1S/C6H5Cl2NO3S/c1-12-6-2-5(13(8,10)11)4(7)3-9-6/h2-3H,1H3. The molecule has 1 heterocycles. The minimum Gasteiger partial charge on any atom is -0.481 e. The minimum absolute atomic E-state index is 0.0317. The van der Waals surface area contributed by atoms with Crippen molar-refractivity contribution in [3.05, 3.63) is 17.3 Å². The first-order valence-corrected chi connectivity index (χ1v) is 5.78. The van der Waals surface area contributed by atoms with Crippen LogP contribution in [0.15, 0.2) is 17.2 Å². The molecular weight excluding hydrogens is 237 g/mol. The van der Waals surface area contributed by atoms with Gasteiger partial charge in [-0.15, -0.1) is 0 Å². The molecule has 0 aliphatic carbocycles. The van der Waals surface area contributed by atoms with Gasteiger partial charge in [-0.05, 0) is 0 Å². The summed E-state index contributed by atoms with van der Waals surface area (Å²) in [6.45, 7) is 0. The van der Waals surface area contributed by atoms with Crippen molar-refractivity contribution in [1.29, 1.82) is 0 Å². The molecule has 0 fully saturated rings. The number of halogens is 2. The lowest BCUT2D eigenvalue weighted by molar-refractivity contribution is 0.396. The second-order valence-electron chi connectivity index (χ2n) is 2.09. The molecule has 0 unspecified atom stereocenters. The summed E-state index contributed by atoms with van der Waals surface area (Å²) in [7, 11) is 2.61. The Morgan fingerprint density at radius 1 is 1.54 bits per heavy atom. The van der Waals surface area contributed by atoms with Crippen LogP contribution in [-0.4, -0.2) is 20.5 Å². The third-order valence-electron chi connectivity index (χ3n) is 1.27. The lowest BCUT2D eigenvalue weighted by Gasteiger charge is -2.01. The fraction of sp³-hybridized carbons (Fsp3) is 0.167. The highest BCUT2D eigenvalue weighted by Crippen LogP contribution is 2.26. The average molecular weight is 242 g/mol. The molecule has 0 aromatic carbocycles. The van der Waals surface area contributed by atoms with Crippen LogP contribution in [0.1, 0.15) is 0 Å². The fourth-order valence-corrected chi connectivity index (χ4v) is 2.14. The Morgan fingerprint density at radius 3 is 2.62 bits per heavy atom. The quantitative estimate of drug-likeness (QED) is 0.740. The molecule has 0 aliphatic rings. The van der Waals surface area contributed by atoms with Gasteiger partial charge in [0.05, 0.1) is 18.3 Å². The summed E-state index contributed by atoms with van der Waals surface area (Å²) in [6, 6.07) is 1.16. The Labute approximate surface area is 84.9 Å². The minimum atomic E-state index is -3.85. The van der Waals surface area contributed by atoms with E-state index in [4.69, 9.17) is 27.0 Å². The van der Waals surface area contributed by atoms with E-state index >= 15 is 0 Å². The van der Waals surface area contributed by atoms with Crippen LogP contribution in [0.5, 0.6) is 5.88 Å². The molecule has 0 atom stereocenters. The van der Waals surface area contributed by atoms with Gasteiger partial charge in [0.15, 0.2) is 0 Å². The topological polar surface area (TPSA) is 56.3 Å². The molecule has 1 aromatic heterocycles. The second kappa shape index (κ2) is 3.69. The largest absolute Gasteiger partial charge is 0.481 e. The zero-order valence-electron chi connectivity index (χ0n) is 6.49. The molecule has 0 bridgehead atoms. The van der Waals surface area contributed by atoms with Crippen molar-refractivity contribution in [1.82, 2.24) is 4.98 Å². The normalized spacial score (nSPS) is 11.3. The fourth-order valence-electron chi connectivity index (χ4n) is 0.701. The molecule has 1 aromatic rings. The van der Waals surface area contributed by atoms with Crippen LogP contribution in [0, 0.1) is 0 Å². The van der Waals surface area contributed by atoms with Crippen molar-refractivity contribution < 1.29 is 13.2 Å². The summed E-state index contributed by atoms with van der Waals surface area (Å²) in [6.07, 6.45) is 1.16. The molecule has 0 spiro atoms. The second-order valence-corrected chi connectivity index (χ2v) is 5.04. The Balaban J connectivity index is 3.36. The summed E-state index contributed by atoms with van der Waals surface area (Å²) < 4.78 is 26.6. The summed E-state index contributed by atoms with van der Waals surface area (Å²) in [5, 5.41) is -0.0317. The molecule has 0 N–H and O–H groups in total. The highest BCUT2D eigenvalue weighted by atomic mass is 35.7. The number of ether oxygens (including phenoxy) is 1. The van der Waals surface area contributed by atoms with Gasteiger partial charge in [-0.3, -0.25) is 0 Å². The van der Waals surface area contributed by atoms with Crippen molar-refractivity contribution in [3.63, 3.8) is 0 Å². The lowest BCUT2D eigenvalue weighted by atomic mass is 10.5. The maximum Gasteiger partial charge on any atom is 0.263 e. The predicted molar refractivity (Wildman–Crippen MR) is 48.8 cm³/mol. The number of rotatable bonds is 2. The summed E-state index contributed by atoms with van der Waals surface area (Å²) >= 11 is 5.56. The monoisotopic (exact) mass is 241 g/mol. The van der Waals surface area contributed by atoms with E-state index in [1.807, 2.05) is 0 Å². The maximum atomic E-state index is 10.9. The van der Waals surface area contributed by atoms with E-state index in [2.05, 4.69) is 4.98 Å². The van der Waals surface area contributed by atoms with Crippen LogP contribution in [0.3, 0.4) is 0 Å². The van der Waals surface area contributed by atoms with Crippen LogP contribution >= 0.6 is 22.3 Å². The van der Waals surface area contributed by atoms with Gasteiger partial charge in [0.1, 0.15) is 4.90 Å². The van der Waals surface area contributed by atoms with Crippen LogP contribution in [0.4, 0.5) is 0 Å². The van der Waals surface area contributed by atoms with Crippen LogP contribution < -0.4 is 4.74 Å². The molecule has 72 valence electrons. The Morgan fingerprint density at radius 2 is 2.15 bits per heavy atom. The van der Waals surface area contributed by atoms with Gasteiger partial charge in [-0.1, -0.05) is 11.6 Å². The van der Waals surface area contributed by atoms with Crippen molar-refractivity contribution in [2.75, 3.05) is 7.11 Å². The van der Waals surface area contributed by atoms with E-state index in [1.54, 1.807) is 0 Å².